The van der Waals surface area contributed by atoms with Crippen LogP contribution >= 0.6 is 11.8 Å². The molecule has 1 heterocycles. The van der Waals surface area contributed by atoms with E-state index in [-0.39, 0.29) is 0 Å². The molecule has 0 spiro atoms. The fourth-order valence-corrected chi connectivity index (χ4v) is 2.07. The molecule has 0 aromatic heterocycles. The van der Waals surface area contributed by atoms with E-state index in [2.05, 4.69) is 11.8 Å². The summed E-state index contributed by atoms with van der Waals surface area (Å²) in [6, 6.07) is 0. The Balaban J connectivity index is 2.22. The Bertz CT molecular complexity index is 189. The predicted molar refractivity (Wildman–Crippen MR) is 56.8 cm³/mol. The number of nitrogens with zero attached hydrogens (tertiary/aromatic N) is 1. The fraction of sp³-hybridized carbons (Fsp3) is 0.889. The molecule has 1 aliphatic rings. The van der Waals surface area contributed by atoms with Gasteiger partial charge in [0.05, 0.1) is 6.61 Å². The number of carboxylic acid groups (broad SMARTS) is 1. The molecule has 0 aromatic rings. The summed E-state index contributed by atoms with van der Waals surface area (Å²) >= 11 is 1.88. The minimum absolute atomic E-state index is 0.527. The topological polar surface area (TPSA) is 49.8 Å². The van der Waals surface area contributed by atoms with E-state index in [0.29, 0.717) is 13.2 Å². The Hall–Kier alpha value is -0.260. The molecule has 0 bridgehead atoms. The van der Waals surface area contributed by atoms with Crippen molar-refractivity contribution in [3.8, 4) is 0 Å². The first kappa shape index (κ1) is 11.8. The van der Waals surface area contributed by atoms with Crippen LogP contribution in [-0.4, -0.2) is 59.8 Å². The van der Waals surface area contributed by atoms with Gasteiger partial charge in [0.1, 0.15) is 0 Å². The molecule has 0 radical (unpaired) electrons. The lowest BCUT2D eigenvalue weighted by atomic mass is 10.3. The van der Waals surface area contributed by atoms with Crippen LogP contribution in [0.3, 0.4) is 0 Å². The number of carbonyl (C=O) groups is 1. The molecule has 1 aliphatic heterocycles. The Morgan fingerprint density at radius 3 is 3.14 bits per heavy atom. The van der Waals surface area contributed by atoms with E-state index >= 15 is 0 Å². The number of rotatable bonds is 5. The first-order chi connectivity index (χ1) is 6.74. The molecule has 1 rings (SSSR count). The second-order valence-corrected chi connectivity index (χ2v) is 4.59. The molecule has 4 nitrogen and oxygen atoms in total. The second-order valence-electron chi connectivity index (χ2n) is 3.20. The third-order valence-corrected chi connectivity index (χ3v) is 3.06. The summed E-state index contributed by atoms with van der Waals surface area (Å²) in [6.45, 7) is 5.01. The van der Waals surface area contributed by atoms with Gasteiger partial charge in [-0.15, -0.1) is 0 Å². The number of ether oxygens (including phenoxy) is 1. The van der Waals surface area contributed by atoms with Gasteiger partial charge in [-0.3, -0.25) is 4.90 Å². The van der Waals surface area contributed by atoms with E-state index in [0.717, 1.165) is 24.6 Å². The first-order valence-electron chi connectivity index (χ1n) is 4.88. The second kappa shape index (κ2) is 6.27. The number of carboxylic acids is 1. The first-order valence-corrected chi connectivity index (χ1v) is 6.04. The zero-order chi connectivity index (χ0) is 10.4. The highest BCUT2D eigenvalue weighted by molar-refractivity contribution is 7.99. The molecule has 14 heavy (non-hydrogen) atoms. The summed E-state index contributed by atoms with van der Waals surface area (Å²) in [5, 5.41) is 8.77. The Kier molecular flexibility index (Phi) is 5.29. The van der Waals surface area contributed by atoms with Gasteiger partial charge < -0.3 is 9.84 Å². The fourth-order valence-electron chi connectivity index (χ4n) is 1.39. The van der Waals surface area contributed by atoms with Crippen molar-refractivity contribution in [1.82, 2.24) is 4.90 Å². The van der Waals surface area contributed by atoms with Crippen molar-refractivity contribution < 1.29 is 14.6 Å². The number of hydrogen-bond donors (Lipinski definition) is 1. The highest BCUT2D eigenvalue weighted by Gasteiger charge is 2.25. The highest BCUT2D eigenvalue weighted by Crippen LogP contribution is 2.07. The number of thioether (sulfide) groups is 1. The van der Waals surface area contributed by atoms with Gasteiger partial charge in [0, 0.05) is 25.4 Å². The molecule has 0 saturated carbocycles. The van der Waals surface area contributed by atoms with Crippen LogP contribution < -0.4 is 0 Å². The van der Waals surface area contributed by atoms with E-state index in [4.69, 9.17) is 9.84 Å². The monoisotopic (exact) mass is 219 g/mol. The van der Waals surface area contributed by atoms with Gasteiger partial charge in [-0.2, -0.15) is 11.8 Å². The quantitative estimate of drug-likeness (QED) is 0.683. The molecule has 1 unspecified atom stereocenters. The van der Waals surface area contributed by atoms with Gasteiger partial charge in [0.2, 0.25) is 0 Å². The molecule has 1 N–H and O–H groups in total. The lowest BCUT2D eigenvalue weighted by Crippen LogP contribution is -2.46. The third-order valence-electron chi connectivity index (χ3n) is 2.18. The van der Waals surface area contributed by atoms with Crippen LogP contribution in [0.4, 0.5) is 0 Å². The van der Waals surface area contributed by atoms with Gasteiger partial charge in [-0.1, -0.05) is 6.92 Å². The summed E-state index contributed by atoms with van der Waals surface area (Å²) in [5.41, 5.74) is 0. The average Bonchev–Trinajstić information content (AvgIpc) is 2.19. The maximum Gasteiger partial charge on any atom is 0.334 e. The van der Waals surface area contributed by atoms with Crippen LogP contribution in [0.25, 0.3) is 0 Å². The Labute approximate surface area is 88.6 Å². The van der Waals surface area contributed by atoms with E-state index < -0.39 is 12.1 Å². The molecule has 82 valence electrons. The van der Waals surface area contributed by atoms with Crippen molar-refractivity contribution in [3.63, 3.8) is 0 Å². The van der Waals surface area contributed by atoms with Crippen molar-refractivity contribution in [2.24, 2.45) is 0 Å². The van der Waals surface area contributed by atoms with E-state index in [9.17, 15) is 4.79 Å². The van der Waals surface area contributed by atoms with Crippen molar-refractivity contribution in [2.75, 3.05) is 37.7 Å². The van der Waals surface area contributed by atoms with Crippen molar-refractivity contribution in [2.45, 2.75) is 13.0 Å². The molecular weight excluding hydrogens is 202 g/mol. The Morgan fingerprint density at radius 1 is 1.71 bits per heavy atom. The van der Waals surface area contributed by atoms with Crippen LogP contribution in [0.5, 0.6) is 0 Å². The van der Waals surface area contributed by atoms with Crippen LogP contribution in [-0.2, 0) is 9.53 Å². The van der Waals surface area contributed by atoms with Crippen LogP contribution in [0, 0.1) is 0 Å². The lowest BCUT2D eigenvalue weighted by Gasteiger charge is -2.30. The van der Waals surface area contributed by atoms with Gasteiger partial charge in [0.15, 0.2) is 6.10 Å². The molecule has 5 heteroatoms. The molecule has 1 saturated heterocycles. The van der Waals surface area contributed by atoms with Crippen LogP contribution in [0.2, 0.25) is 0 Å². The minimum atomic E-state index is -0.849. The van der Waals surface area contributed by atoms with Gasteiger partial charge in [-0.05, 0) is 5.75 Å². The summed E-state index contributed by atoms with van der Waals surface area (Å²) in [7, 11) is 0. The standard InChI is InChI=1S/C9H17NO3S/c1-2-14-6-4-10-3-5-13-8(7-10)9(11)12/h8H,2-7H2,1H3,(H,11,12). The zero-order valence-electron chi connectivity index (χ0n) is 8.44. The normalized spacial score (nSPS) is 23.6. The maximum atomic E-state index is 10.7. The Morgan fingerprint density at radius 2 is 2.50 bits per heavy atom. The van der Waals surface area contributed by atoms with Crippen LogP contribution in [0.15, 0.2) is 0 Å². The molecular formula is C9H17NO3S. The molecule has 1 atom stereocenters. The molecule has 0 aliphatic carbocycles. The van der Waals surface area contributed by atoms with Crippen LogP contribution in [0.1, 0.15) is 6.92 Å². The summed E-state index contributed by atoms with van der Waals surface area (Å²) < 4.78 is 5.13. The smallest absolute Gasteiger partial charge is 0.334 e. The van der Waals surface area contributed by atoms with Gasteiger partial charge in [0.25, 0.3) is 0 Å². The SMILES string of the molecule is CCSCCN1CCOC(C(=O)O)C1. The van der Waals surface area contributed by atoms with E-state index in [1.807, 2.05) is 11.8 Å². The largest absolute Gasteiger partial charge is 0.479 e. The average molecular weight is 219 g/mol. The number of hydrogen-bond acceptors (Lipinski definition) is 4. The zero-order valence-corrected chi connectivity index (χ0v) is 9.26. The minimum Gasteiger partial charge on any atom is -0.479 e. The summed E-state index contributed by atoms with van der Waals surface area (Å²) in [5.74, 6) is 1.34. The van der Waals surface area contributed by atoms with Crippen molar-refractivity contribution >= 4 is 17.7 Å². The highest BCUT2D eigenvalue weighted by atomic mass is 32.2. The van der Waals surface area contributed by atoms with E-state index in [1.54, 1.807) is 0 Å². The maximum absolute atomic E-state index is 10.7. The van der Waals surface area contributed by atoms with Crippen molar-refractivity contribution in [1.29, 1.82) is 0 Å². The van der Waals surface area contributed by atoms with Gasteiger partial charge >= 0.3 is 5.97 Å². The summed E-state index contributed by atoms with van der Waals surface area (Å²) in [6.07, 6.45) is -0.629. The van der Waals surface area contributed by atoms with Gasteiger partial charge in [-0.25, -0.2) is 4.79 Å². The molecule has 0 amide bonds. The van der Waals surface area contributed by atoms with Crippen molar-refractivity contribution in [3.05, 3.63) is 0 Å². The molecule has 0 aromatic carbocycles. The molecule has 1 fully saturated rings. The predicted octanol–water partition coefficient (Wildman–Crippen LogP) is 0.525. The summed E-state index contributed by atoms with van der Waals surface area (Å²) in [4.78, 5) is 12.8. The lowest BCUT2D eigenvalue weighted by molar-refractivity contribution is -0.155. The number of morpholine rings is 1. The van der Waals surface area contributed by atoms with E-state index in [1.165, 1.54) is 0 Å². The number of aliphatic carboxylic acids is 1. The third kappa shape index (κ3) is 3.86.